The Morgan fingerprint density at radius 1 is 1.27 bits per heavy atom. The van der Waals surface area contributed by atoms with Crippen molar-refractivity contribution in [1.29, 1.82) is 0 Å². The van der Waals surface area contributed by atoms with E-state index in [1.54, 1.807) is 0 Å². The number of carbonyl (C=O) groups is 1. The van der Waals surface area contributed by atoms with E-state index in [0.29, 0.717) is 24.7 Å². The minimum Gasteiger partial charge on any atom is -0.444 e. The first-order valence-corrected chi connectivity index (χ1v) is 9.09. The van der Waals surface area contributed by atoms with Crippen LogP contribution in [0.25, 0.3) is 11.0 Å². The summed E-state index contributed by atoms with van der Waals surface area (Å²) in [6.45, 7) is 6.92. The molecule has 2 heterocycles. The number of likely N-dealkylation sites (tertiary alicyclic amines) is 1. The largest absolute Gasteiger partial charge is 0.444 e. The number of piperidine rings is 1. The van der Waals surface area contributed by atoms with Crippen molar-refractivity contribution in [3.63, 3.8) is 0 Å². The molecule has 2 aromatic rings. The molecule has 1 amide bonds. The predicted octanol–water partition coefficient (Wildman–Crippen LogP) is 3.41. The maximum absolute atomic E-state index is 12.5. The molecular formula is C19H27N5O2. The summed E-state index contributed by atoms with van der Waals surface area (Å²) in [6, 6.07) is 7.66. The van der Waals surface area contributed by atoms with Gasteiger partial charge < -0.3 is 20.7 Å². The predicted molar refractivity (Wildman–Crippen MR) is 103 cm³/mol. The number of fused-ring (bicyclic) bond motifs is 1. The molecule has 1 atom stereocenters. The molecule has 0 aliphatic carbocycles. The Kier molecular flexibility index (Phi) is 5.15. The molecule has 26 heavy (non-hydrogen) atoms. The summed E-state index contributed by atoms with van der Waals surface area (Å²) < 4.78 is 5.55. The maximum Gasteiger partial charge on any atom is 0.410 e. The summed E-state index contributed by atoms with van der Waals surface area (Å²) in [7, 11) is 0. The molecule has 1 aliphatic rings. The summed E-state index contributed by atoms with van der Waals surface area (Å²) in [5.74, 6) is 0.918. The second-order valence-electron chi connectivity index (χ2n) is 7.65. The lowest BCUT2D eigenvalue weighted by Gasteiger charge is -2.36. The number of benzene rings is 1. The number of hydrogen-bond acceptors (Lipinski definition) is 6. The van der Waals surface area contributed by atoms with Gasteiger partial charge >= 0.3 is 6.09 Å². The third-order valence-corrected chi connectivity index (χ3v) is 4.36. The molecule has 3 rings (SSSR count). The molecule has 0 saturated carbocycles. The van der Waals surface area contributed by atoms with Crippen LogP contribution in [0.1, 0.15) is 40.0 Å². The van der Waals surface area contributed by atoms with Crippen LogP contribution < -0.4 is 11.1 Å². The highest BCUT2D eigenvalue weighted by Gasteiger charge is 2.30. The van der Waals surface area contributed by atoms with Crippen molar-refractivity contribution in [3.8, 4) is 0 Å². The molecule has 7 nitrogen and oxygen atoms in total. The Hall–Kier alpha value is -2.57. The fraction of sp³-hybridized carbons (Fsp3) is 0.526. The van der Waals surface area contributed by atoms with E-state index in [1.807, 2.05) is 49.9 Å². The molecule has 7 heteroatoms. The fourth-order valence-corrected chi connectivity index (χ4v) is 3.13. The van der Waals surface area contributed by atoms with Gasteiger partial charge in [0.05, 0.1) is 17.1 Å². The normalized spacial score (nSPS) is 18.0. The molecule has 1 aromatic heterocycles. The van der Waals surface area contributed by atoms with E-state index in [-0.39, 0.29) is 12.1 Å². The van der Waals surface area contributed by atoms with Crippen molar-refractivity contribution in [2.24, 2.45) is 0 Å². The number of nitrogen functional groups attached to an aromatic ring is 1. The van der Waals surface area contributed by atoms with E-state index in [1.165, 1.54) is 0 Å². The molecule has 1 fully saturated rings. The van der Waals surface area contributed by atoms with Crippen LogP contribution in [0.2, 0.25) is 0 Å². The first kappa shape index (κ1) is 18.2. The molecule has 1 aromatic carbocycles. The smallest absolute Gasteiger partial charge is 0.410 e. The monoisotopic (exact) mass is 357 g/mol. The number of amides is 1. The Bertz CT molecular complexity index is 787. The van der Waals surface area contributed by atoms with E-state index in [0.717, 1.165) is 30.3 Å². The maximum atomic E-state index is 12.5. The van der Waals surface area contributed by atoms with Crippen LogP contribution >= 0.6 is 0 Å². The van der Waals surface area contributed by atoms with Gasteiger partial charge in [0, 0.05) is 13.1 Å². The van der Waals surface area contributed by atoms with Gasteiger partial charge in [-0.2, -0.15) is 0 Å². The summed E-state index contributed by atoms with van der Waals surface area (Å²) in [5.41, 5.74) is 7.10. The fourth-order valence-electron chi connectivity index (χ4n) is 3.13. The van der Waals surface area contributed by atoms with Gasteiger partial charge in [-0.25, -0.2) is 14.8 Å². The van der Waals surface area contributed by atoms with E-state index in [9.17, 15) is 4.79 Å². The number of para-hydroxylation sites is 2. The molecule has 0 bridgehead atoms. The van der Waals surface area contributed by atoms with Crippen molar-refractivity contribution in [2.75, 3.05) is 24.1 Å². The van der Waals surface area contributed by atoms with E-state index in [4.69, 9.17) is 10.5 Å². The van der Waals surface area contributed by atoms with Crippen LogP contribution in [0.4, 0.5) is 16.4 Å². The van der Waals surface area contributed by atoms with E-state index >= 15 is 0 Å². The molecule has 0 spiro atoms. The zero-order chi connectivity index (χ0) is 18.7. The molecular weight excluding hydrogens is 330 g/mol. The lowest BCUT2D eigenvalue weighted by atomic mass is 10.0. The SMILES string of the molecule is CC(C)(C)OC(=O)N1CCCC[C@H]1CNc1nc2ccccc2nc1N. The average molecular weight is 357 g/mol. The number of anilines is 2. The molecule has 1 aliphatic heterocycles. The Morgan fingerprint density at radius 3 is 2.65 bits per heavy atom. The Morgan fingerprint density at radius 2 is 1.96 bits per heavy atom. The van der Waals surface area contributed by atoms with Crippen LogP contribution in [-0.2, 0) is 4.74 Å². The van der Waals surface area contributed by atoms with Crippen LogP contribution in [0.5, 0.6) is 0 Å². The molecule has 140 valence electrons. The minimum atomic E-state index is -0.499. The van der Waals surface area contributed by atoms with Crippen LogP contribution in [-0.4, -0.2) is 45.7 Å². The quantitative estimate of drug-likeness (QED) is 0.874. The molecule has 1 saturated heterocycles. The summed E-state index contributed by atoms with van der Waals surface area (Å²) in [6.07, 6.45) is 2.74. The topological polar surface area (TPSA) is 93.4 Å². The summed E-state index contributed by atoms with van der Waals surface area (Å²) in [4.78, 5) is 23.3. The van der Waals surface area contributed by atoms with Gasteiger partial charge in [-0.05, 0) is 52.2 Å². The number of aromatic nitrogens is 2. The van der Waals surface area contributed by atoms with Crippen molar-refractivity contribution >= 4 is 28.8 Å². The molecule has 0 unspecified atom stereocenters. The van der Waals surface area contributed by atoms with Crippen LogP contribution in [0, 0.1) is 0 Å². The number of hydrogen-bond donors (Lipinski definition) is 2. The van der Waals surface area contributed by atoms with Gasteiger partial charge in [-0.3, -0.25) is 0 Å². The minimum absolute atomic E-state index is 0.0475. The highest BCUT2D eigenvalue weighted by molar-refractivity contribution is 5.79. The lowest BCUT2D eigenvalue weighted by Crippen LogP contribution is -2.49. The first-order chi connectivity index (χ1) is 12.3. The van der Waals surface area contributed by atoms with E-state index in [2.05, 4.69) is 15.3 Å². The number of nitrogens with two attached hydrogens (primary N) is 1. The molecule has 3 N–H and O–H groups in total. The Labute approximate surface area is 153 Å². The zero-order valence-electron chi connectivity index (χ0n) is 15.7. The second kappa shape index (κ2) is 7.35. The number of nitrogens with one attached hydrogen (secondary N) is 1. The van der Waals surface area contributed by atoms with Gasteiger partial charge in [-0.1, -0.05) is 12.1 Å². The number of carbonyl (C=O) groups excluding carboxylic acids is 1. The third kappa shape index (κ3) is 4.33. The zero-order valence-corrected chi connectivity index (χ0v) is 15.7. The van der Waals surface area contributed by atoms with Crippen LogP contribution in [0.15, 0.2) is 24.3 Å². The van der Waals surface area contributed by atoms with Gasteiger partial charge in [0.15, 0.2) is 11.6 Å². The van der Waals surface area contributed by atoms with E-state index < -0.39 is 5.60 Å². The van der Waals surface area contributed by atoms with Crippen molar-refractivity contribution in [3.05, 3.63) is 24.3 Å². The average Bonchev–Trinajstić information content (AvgIpc) is 2.58. The lowest BCUT2D eigenvalue weighted by molar-refractivity contribution is 0.0114. The number of nitrogens with zero attached hydrogens (tertiary/aromatic N) is 3. The highest BCUT2D eigenvalue weighted by Crippen LogP contribution is 2.23. The van der Waals surface area contributed by atoms with Crippen molar-refractivity contribution in [1.82, 2.24) is 14.9 Å². The van der Waals surface area contributed by atoms with Gasteiger partial charge in [-0.15, -0.1) is 0 Å². The molecule has 0 radical (unpaired) electrons. The summed E-state index contributed by atoms with van der Waals surface area (Å²) >= 11 is 0. The van der Waals surface area contributed by atoms with Crippen molar-refractivity contribution < 1.29 is 9.53 Å². The van der Waals surface area contributed by atoms with Gasteiger partial charge in [0.25, 0.3) is 0 Å². The second-order valence-corrected chi connectivity index (χ2v) is 7.65. The first-order valence-electron chi connectivity index (χ1n) is 9.09. The van der Waals surface area contributed by atoms with Gasteiger partial charge in [0.1, 0.15) is 5.60 Å². The number of ether oxygens (including phenoxy) is 1. The van der Waals surface area contributed by atoms with Crippen molar-refractivity contribution in [2.45, 2.75) is 51.7 Å². The Balaban J connectivity index is 1.70. The third-order valence-electron chi connectivity index (χ3n) is 4.36. The highest BCUT2D eigenvalue weighted by atomic mass is 16.6. The van der Waals surface area contributed by atoms with Crippen LogP contribution in [0.3, 0.4) is 0 Å². The van der Waals surface area contributed by atoms with Gasteiger partial charge in [0.2, 0.25) is 0 Å². The summed E-state index contributed by atoms with van der Waals surface area (Å²) in [5, 5.41) is 3.27. The standard InChI is InChI=1S/C19H27N5O2/c1-19(2,3)26-18(25)24-11-7-6-8-13(24)12-21-17-16(20)22-14-9-4-5-10-15(14)23-17/h4-5,9-10,13H,6-8,11-12H2,1-3H3,(H2,20,22)(H,21,23)/t13-/m0/s1. The number of rotatable bonds is 3.